The molecule has 3 amide bonds. The zero-order chi connectivity index (χ0) is 27.5. The first kappa shape index (κ1) is 28.9. The van der Waals surface area contributed by atoms with E-state index in [1.165, 1.54) is 7.11 Å². The number of nitrogens with one attached hydrogen (secondary N) is 1. The molecule has 202 valence electrons. The molecular weight excluding hydrogens is 508 g/mol. The number of pyridine rings is 1. The first-order chi connectivity index (χ1) is 18.3. The first-order valence-corrected chi connectivity index (χ1v) is 12.7. The summed E-state index contributed by atoms with van der Waals surface area (Å²) in [6, 6.07) is 16.4. The molecule has 0 aliphatic rings. The molecule has 3 rings (SSSR count). The van der Waals surface area contributed by atoms with Crippen LogP contribution in [0.5, 0.6) is 0 Å². The van der Waals surface area contributed by atoms with Crippen LogP contribution in [0.1, 0.15) is 31.2 Å². The van der Waals surface area contributed by atoms with Crippen molar-refractivity contribution in [3.05, 3.63) is 71.4 Å². The second kappa shape index (κ2) is 14.3. The number of anilines is 1. The molecule has 10 heteroatoms. The quantitative estimate of drug-likeness (QED) is 0.321. The lowest BCUT2D eigenvalue weighted by Gasteiger charge is -2.28. The normalized spacial score (nSPS) is 11.6. The molecule has 38 heavy (non-hydrogen) atoms. The van der Waals surface area contributed by atoms with Gasteiger partial charge in [-0.15, -0.1) is 0 Å². The largest absolute Gasteiger partial charge is 0.447 e. The van der Waals surface area contributed by atoms with E-state index in [2.05, 4.69) is 10.3 Å². The Morgan fingerprint density at radius 3 is 2.45 bits per heavy atom. The molecule has 3 aromatic rings. The van der Waals surface area contributed by atoms with Gasteiger partial charge in [-0.1, -0.05) is 54.1 Å². The van der Waals surface area contributed by atoms with Crippen molar-refractivity contribution in [2.45, 2.75) is 38.1 Å². The molecule has 0 saturated heterocycles. The van der Waals surface area contributed by atoms with Gasteiger partial charge < -0.3 is 9.64 Å². The summed E-state index contributed by atoms with van der Waals surface area (Å²) in [6.45, 7) is -0.0396. The smallest absolute Gasteiger partial charge is 0.412 e. The number of nitrogens with zero attached hydrogens (tertiary/aromatic N) is 3. The maximum atomic E-state index is 13.0. The van der Waals surface area contributed by atoms with E-state index in [-0.39, 0.29) is 31.3 Å². The van der Waals surface area contributed by atoms with Gasteiger partial charge in [0, 0.05) is 43.5 Å². The molecule has 0 bridgehead atoms. The minimum absolute atomic E-state index is 0.0396. The van der Waals surface area contributed by atoms with Gasteiger partial charge in [0.2, 0.25) is 11.8 Å². The molecule has 1 atom stereocenters. The third-order valence-electron chi connectivity index (χ3n) is 6.33. The van der Waals surface area contributed by atoms with Crippen LogP contribution in [-0.4, -0.2) is 66.7 Å². The van der Waals surface area contributed by atoms with Gasteiger partial charge in [0.05, 0.1) is 13.2 Å². The van der Waals surface area contributed by atoms with Crippen LogP contribution in [-0.2, 0) is 25.6 Å². The average Bonchev–Trinajstić information content (AvgIpc) is 2.93. The van der Waals surface area contributed by atoms with Crippen molar-refractivity contribution in [2.75, 3.05) is 33.1 Å². The lowest BCUT2D eigenvalue weighted by Crippen LogP contribution is -2.41. The maximum absolute atomic E-state index is 13.0. The molecule has 0 aliphatic carbocycles. The Kier molecular flexibility index (Phi) is 10.9. The van der Waals surface area contributed by atoms with Crippen LogP contribution >= 0.6 is 11.6 Å². The second-order valence-corrected chi connectivity index (χ2v) is 9.26. The Morgan fingerprint density at radius 2 is 1.71 bits per heavy atom. The summed E-state index contributed by atoms with van der Waals surface area (Å²) >= 11 is 6.23. The zero-order valence-electron chi connectivity index (χ0n) is 21.9. The fourth-order valence-electron chi connectivity index (χ4n) is 3.92. The van der Waals surface area contributed by atoms with E-state index < -0.39 is 12.1 Å². The maximum Gasteiger partial charge on any atom is 0.412 e. The molecule has 1 aromatic heterocycles. The predicted octanol–water partition coefficient (Wildman–Crippen LogP) is 5.09. The van der Waals surface area contributed by atoms with E-state index in [9.17, 15) is 14.4 Å². The Bertz CT molecular complexity index is 1250. The summed E-state index contributed by atoms with van der Waals surface area (Å²) in [5, 5.41) is 6.30. The standard InChI is InChI=1S/C28H33ClN4O5/c1-32(26(34)16-15-20-9-6-7-13-24(20)29)23(12-8-14-27(35)33(2)37-3)19-38-28(36)31-25-17-21-10-4-5-11-22(21)18-30-25/h4-7,9-11,13,17-18,23H,8,12,14-16,19H2,1-3H3,(H,30,31,36)/t23-/m0/s1. The number of aromatic nitrogens is 1. The van der Waals surface area contributed by atoms with Crippen LogP contribution < -0.4 is 5.32 Å². The fraction of sp³-hybridized carbons (Fsp3) is 0.357. The number of hydrogen-bond acceptors (Lipinski definition) is 6. The fourth-order valence-corrected chi connectivity index (χ4v) is 4.15. The highest BCUT2D eigenvalue weighted by Crippen LogP contribution is 2.19. The van der Waals surface area contributed by atoms with Crippen molar-refractivity contribution >= 4 is 46.1 Å². The van der Waals surface area contributed by atoms with E-state index in [4.69, 9.17) is 21.2 Å². The highest BCUT2D eigenvalue weighted by atomic mass is 35.5. The van der Waals surface area contributed by atoms with Gasteiger partial charge in [0.15, 0.2) is 0 Å². The van der Waals surface area contributed by atoms with Gasteiger partial charge in [0.25, 0.3) is 0 Å². The number of benzene rings is 2. The number of hydrogen-bond donors (Lipinski definition) is 1. The van der Waals surface area contributed by atoms with Crippen LogP contribution in [0.3, 0.4) is 0 Å². The molecule has 2 aromatic carbocycles. The number of hydroxylamine groups is 2. The number of ether oxygens (including phenoxy) is 1. The van der Waals surface area contributed by atoms with Crippen molar-refractivity contribution in [2.24, 2.45) is 0 Å². The number of aryl methyl sites for hydroxylation is 1. The van der Waals surface area contributed by atoms with Crippen molar-refractivity contribution in [1.29, 1.82) is 0 Å². The Balaban J connectivity index is 1.60. The minimum Gasteiger partial charge on any atom is -0.447 e. The van der Waals surface area contributed by atoms with Crippen molar-refractivity contribution in [1.82, 2.24) is 14.9 Å². The molecule has 0 saturated carbocycles. The molecular formula is C28H33ClN4O5. The molecule has 9 nitrogen and oxygen atoms in total. The summed E-state index contributed by atoms with van der Waals surface area (Å²) < 4.78 is 5.47. The minimum atomic E-state index is -0.676. The highest BCUT2D eigenvalue weighted by Gasteiger charge is 2.23. The van der Waals surface area contributed by atoms with E-state index in [1.54, 1.807) is 37.3 Å². The van der Waals surface area contributed by atoms with Crippen LogP contribution in [0.25, 0.3) is 10.8 Å². The first-order valence-electron chi connectivity index (χ1n) is 12.4. The van der Waals surface area contributed by atoms with Gasteiger partial charge in [0.1, 0.15) is 12.4 Å². The van der Waals surface area contributed by atoms with E-state index >= 15 is 0 Å². The number of halogens is 1. The average molecular weight is 541 g/mol. The molecule has 1 N–H and O–H groups in total. The van der Waals surface area contributed by atoms with Gasteiger partial charge in [-0.2, -0.15) is 0 Å². The SMILES string of the molecule is CON(C)C(=O)CCC[C@@H](COC(=O)Nc1cc2ccccc2cn1)N(C)C(=O)CCc1ccccc1Cl. The number of rotatable bonds is 12. The third-order valence-corrected chi connectivity index (χ3v) is 6.70. The summed E-state index contributed by atoms with van der Waals surface area (Å²) in [4.78, 5) is 48.4. The summed E-state index contributed by atoms with van der Waals surface area (Å²) in [6.07, 6.45) is 2.90. The third kappa shape index (κ3) is 8.43. The Hall–Kier alpha value is -3.69. The Labute approximate surface area is 227 Å². The zero-order valence-corrected chi connectivity index (χ0v) is 22.6. The van der Waals surface area contributed by atoms with Gasteiger partial charge in [-0.3, -0.25) is 19.7 Å². The van der Waals surface area contributed by atoms with Crippen molar-refractivity contribution in [3.8, 4) is 0 Å². The number of likely N-dealkylation sites (N-methyl/N-ethyl adjacent to an activating group) is 1. The van der Waals surface area contributed by atoms with Crippen LogP contribution in [0.4, 0.5) is 10.6 Å². The van der Waals surface area contributed by atoms with E-state index in [1.807, 2.05) is 42.5 Å². The molecule has 1 heterocycles. The lowest BCUT2D eigenvalue weighted by molar-refractivity contribution is -0.168. The lowest BCUT2D eigenvalue weighted by atomic mass is 10.1. The van der Waals surface area contributed by atoms with Gasteiger partial charge >= 0.3 is 6.09 Å². The predicted molar refractivity (Wildman–Crippen MR) is 147 cm³/mol. The highest BCUT2D eigenvalue weighted by molar-refractivity contribution is 6.31. The van der Waals surface area contributed by atoms with Crippen LogP contribution in [0, 0.1) is 0 Å². The molecule has 0 radical (unpaired) electrons. The Morgan fingerprint density at radius 1 is 1.00 bits per heavy atom. The number of fused-ring (bicyclic) bond motifs is 1. The summed E-state index contributed by atoms with van der Waals surface area (Å²) in [5.41, 5.74) is 0.888. The van der Waals surface area contributed by atoms with E-state index in [0.29, 0.717) is 30.1 Å². The second-order valence-electron chi connectivity index (χ2n) is 8.86. The molecule has 0 unspecified atom stereocenters. The van der Waals surface area contributed by atoms with Gasteiger partial charge in [-0.25, -0.2) is 14.8 Å². The topological polar surface area (TPSA) is 101 Å². The molecule has 0 aliphatic heterocycles. The molecule has 0 fully saturated rings. The van der Waals surface area contributed by atoms with Crippen molar-refractivity contribution < 1.29 is 24.0 Å². The number of amides is 3. The van der Waals surface area contributed by atoms with Crippen LogP contribution in [0.15, 0.2) is 60.8 Å². The van der Waals surface area contributed by atoms with Crippen LogP contribution in [0.2, 0.25) is 5.02 Å². The van der Waals surface area contributed by atoms with Crippen molar-refractivity contribution in [3.63, 3.8) is 0 Å². The summed E-state index contributed by atoms with van der Waals surface area (Å²) in [5.74, 6) is 0.0677. The van der Waals surface area contributed by atoms with Gasteiger partial charge in [-0.05, 0) is 42.3 Å². The van der Waals surface area contributed by atoms with E-state index in [0.717, 1.165) is 21.4 Å². The number of carbonyl (C=O) groups excluding carboxylic acids is 3. The molecule has 0 spiro atoms. The number of carbonyl (C=O) groups is 3. The summed E-state index contributed by atoms with van der Waals surface area (Å²) in [7, 11) is 4.64. The monoisotopic (exact) mass is 540 g/mol.